The number of carbonyl (C=O) groups excluding carboxylic acids is 1. The van der Waals surface area contributed by atoms with Crippen LogP contribution in [0.1, 0.15) is 26.7 Å². The van der Waals surface area contributed by atoms with Gasteiger partial charge in [0.1, 0.15) is 0 Å². The van der Waals surface area contributed by atoms with Crippen molar-refractivity contribution < 1.29 is 9.90 Å². The first-order valence-electron chi connectivity index (χ1n) is 7.02. The smallest absolute Gasteiger partial charge is 0.230 e. The van der Waals surface area contributed by atoms with E-state index >= 15 is 0 Å². The number of aliphatic hydroxyl groups is 1. The van der Waals surface area contributed by atoms with Gasteiger partial charge in [0.25, 0.3) is 0 Å². The third-order valence-electron chi connectivity index (χ3n) is 3.66. The van der Waals surface area contributed by atoms with Crippen LogP contribution >= 0.6 is 23.1 Å². The molecule has 0 saturated carbocycles. The van der Waals surface area contributed by atoms with Crippen LogP contribution in [0.25, 0.3) is 10.2 Å². The van der Waals surface area contributed by atoms with Crippen LogP contribution < -0.4 is 5.32 Å². The highest BCUT2D eigenvalue weighted by atomic mass is 32.2. The Labute approximate surface area is 133 Å². The summed E-state index contributed by atoms with van der Waals surface area (Å²) in [5.74, 6) is 0.263. The van der Waals surface area contributed by atoms with Crippen LogP contribution in [0, 0.1) is 0 Å². The van der Waals surface area contributed by atoms with Crippen molar-refractivity contribution in [1.29, 1.82) is 0 Å². The van der Waals surface area contributed by atoms with Crippen molar-refractivity contribution in [3.63, 3.8) is 0 Å². The number of thioether (sulfide) groups is 1. The minimum Gasteiger partial charge on any atom is -0.394 e. The highest BCUT2D eigenvalue weighted by molar-refractivity contribution is 8.01. The third-order valence-corrected chi connectivity index (χ3v) is 5.84. The molecule has 0 spiro atoms. The number of benzene rings is 1. The molecule has 2 N–H and O–H groups in total. The lowest BCUT2D eigenvalue weighted by Crippen LogP contribution is -2.51. The fourth-order valence-electron chi connectivity index (χ4n) is 2.06. The van der Waals surface area contributed by atoms with Gasteiger partial charge in [0.15, 0.2) is 4.34 Å². The summed E-state index contributed by atoms with van der Waals surface area (Å²) in [5.41, 5.74) is 0.475. The summed E-state index contributed by atoms with van der Waals surface area (Å²) < 4.78 is 2.03. The SMILES string of the molecule is CCC(CC)(CO)NC(=O)CSc1nc2ccccc2s1. The first-order valence-corrected chi connectivity index (χ1v) is 8.83. The summed E-state index contributed by atoms with van der Waals surface area (Å²) in [6, 6.07) is 7.95. The molecule has 0 saturated heterocycles. The van der Waals surface area contributed by atoms with Gasteiger partial charge >= 0.3 is 0 Å². The molecule has 1 aromatic heterocycles. The second kappa shape index (κ2) is 7.24. The lowest BCUT2D eigenvalue weighted by atomic mass is 9.94. The average Bonchev–Trinajstić information content (AvgIpc) is 2.94. The molecule has 0 fully saturated rings. The van der Waals surface area contributed by atoms with Crippen molar-refractivity contribution in [2.75, 3.05) is 12.4 Å². The van der Waals surface area contributed by atoms with Crippen molar-refractivity contribution in [2.24, 2.45) is 0 Å². The summed E-state index contributed by atoms with van der Waals surface area (Å²) in [4.78, 5) is 16.6. The maximum Gasteiger partial charge on any atom is 0.230 e. The fraction of sp³-hybridized carbons (Fsp3) is 0.467. The molecule has 114 valence electrons. The van der Waals surface area contributed by atoms with Gasteiger partial charge in [-0.3, -0.25) is 4.79 Å². The van der Waals surface area contributed by atoms with E-state index in [1.54, 1.807) is 11.3 Å². The quantitative estimate of drug-likeness (QED) is 0.769. The molecule has 0 unspecified atom stereocenters. The topological polar surface area (TPSA) is 62.2 Å². The molecule has 2 aromatic rings. The lowest BCUT2D eigenvalue weighted by Gasteiger charge is -2.30. The number of nitrogens with zero attached hydrogens (tertiary/aromatic N) is 1. The van der Waals surface area contributed by atoms with E-state index in [2.05, 4.69) is 10.3 Å². The lowest BCUT2D eigenvalue weighted by molar-refractivity contribution is -0.121. The van der Waals surface area contributed by atoms with Gasteiger partial charge in [-0.05, 0) is 25.0 Å². The number of aliphatic hydroxyl groups excluding tert-OH is 1. The number of carbonyl (C=O) groups is 1. The number of thiazole rings is 1. The molecule has 0 aliphatic heterocycles. The Kier molecular flexibility index (Phi) is 5.61. The van der Waals surface area contributed by atoms with Crippen molar-refractivity contribution in [1.82, 2.24) is 10.3 Å². The Morgan fingerprint density at radius 3 is 2.71 bits per heavy atom. The van der Waals surface area contributed by atoms with Gasteiger partial charge in [0, 0.05) is 0 Å². The van der Waals surface area contributed by atoms with Crippen LogP contribution in [0.4, 0.5) is 0 Å². The average molecular weight is 324 g/mol. The second-order valence-corrected chi connectivity index (χ2v) is 7.18. The number of fused-ring (bicyclic) bond motifs is 1. The number of hydrogen-bond donors (Lipinski definition) is 2. The molecule has 1 aromatic carbocycles. The Hall–Kier alpha value is -1.11. The monoisotopic (exact) mass is 324 g/mol. The summed E-state index contributed by atoms with van der Waals surface area (Å²) in [7, 11) is 0. The molecular weight excluding hydrogens is 304 g/mol. The normalized spacial score (nSPS) is 11.8. The molecule has 0 atom stereocenters. The molecule has 0 bridgehead atoms. The van der Waals surface area contributed by atoms with E-state index in [4.69, 9.17) is 0 Å². The van der Waals surface area contributed by atoms with Gasteiger partial charge in [-0.2, -0.15) is 0 Å². The number of rotatable bonds is 7. The number of para-hydroxylation sites is 1. The van der Waals surface area contributed by atoms with E-state index in [1.165, 1.54) is 11.8 Å². The van der Waals surface area contributed by atoms with Crippen molar-refractivity contribution in [2.45, 2.75) is 36.6 Å². The van der Waals surface area contributed by atoms with Crippen molar-refractivity contribution in [3.05, 3.63) is 24.3 Å². The van der Waals surface area contributed by atoms with E-state index in [1.807, 2.05) is 38.1 Å². The number of hydrogen-bond acceptors (Lipinski definition) is 5. The summed E-state index contributed by atoms with van der Waals surface area (Å²) >= 11 is 3.04. The van der Waals surface area contributed by atoms with E-state index in [9.17, 15) is 9.90 Å². The molecule has 0 aliphatic carbocycles. The van der Waals surface area contributed by atoms with Crippen molar-refractivity contribution >= 4 is 39.2 Å². The van der Waals surface area contributed by atoms with Crippen molar-refractivity contribution in [3.8, 4) is 0 Å². The van der Waals surface area contributed by atoms with Crippen LogP contribution in [-0.4, -0.2) is 33.9 Å². The van der Waals surface area contributed by atoms with Gasteiger partial charge in [-0.25, -0.2) is 4.98 Å². The third kappa shape index (κ3) is 3.96. The van der Waals surface area contributed by atoms with E-state index in [0.29, 0.717) is 5.75 Å². The minimum absolute atomic E-state index is 0.0302. The maximum absolute atomic E-state index is 12.1. The molecule has 0 aliphatic rings. The minimum atomic E-state index is -0.495. The summed E-state index contributed by atoms with van der Waals surface area (Å²) in [5, 5.41) is 12.4. The Bertz CT molecular complexity index is 567. The van der Waals surface area contributed by atoms with E-state index in [-0.39, 0.29) is 12.5 Å². The summed E-state index contributed by atoms with van der Waals surface area (Å²) in [6.45, 7) is 3.92. The van der Waals surface area contributed by atoms with Crippen LogP contribution in [0.3, 0.4) is 0 Å². The Balaban J connectivity index is 1.94. The van der Waals surface area contributed by atoms with Gasteiger partial charge in [0.05, 0.1) is 28.1 Å². The standard InChI is InChI=1S/C15H20N2O2S2/c1-3-15(4-2,10-18)17-13(19)9-20-14-16-11-7-5-6-8-12(11)21-14/h5-8,18H,3-4,9-10H2,1-2H3,(H,17,19). The second-order valence-electron chi connectivity index (χ2n) is 4.93. The highest BCUT2D eigenvalue weighted by Crippen LogP contribution is 2.29. The number of aromatic nitrogens is 1. The van der Waals surface area contributed by atoms with E-state index in [0.717, 1.165) is 27.4 Å². The largest absolute Gasteiger partial charge is 0.394 e. The van der Waals surface area contributed by atoms with Crippen LogP contribution in [-0.2, 0) is 4.79 Å². The van der Waals surface area contributed by atoms with Gasteiger partial charge in [-0.15, -0.1) is 11.3 Å². The maximum atomic E-state index is 12.1. The molecule has 4 nitrogen and oxygen atoms in total. The molecular formula is C15H20N2O2S2. The highest BCUT2D eigenvalue weighted by Gasteiger charge is 2.27. The van der Waals surface area contributed by atoms with Gasteiger partial charge in [-0.1, -0.05) is 37.7 Å². The van der Waals surface area contributed by atoms with Crippen LogP contribution in [0.2, 0.25) is 0 Å². The molecule has 1 heterocycles. The van der Waals surface area contributed by atoms with Crippen LogP contribution in [0.15, 0.2) is 28.6 Å². The Morgan fingerprint density at radius 2 is 2.10 bits per heavy atom. The molecule has 2 rings (SSSR count). The molecule has 0 radical (unpaired) electrons. The van der Waals surface area contributed by atoms with E-state index < -0.39 is 5.54 Å². The van der Waals surface area contributed by atoms with Gasteiger partial charge in [0.2, 0.25) is 5.91 Å². The molecule has 6 heteroatoms. The predicted molar refractivity (Wildman–Crippen MR) is 88.9 cm³/mol. The van der Waals surface area contributed by atoms with Gasteiger partial charge < -0.3 is 10.4 Å². The summed E-state index contributed by atoms with van der Waals surface area (Å²) in [6.07, 6.45) is 1.44. The zero-order valence-corrected chi connectivity index (χ0v) is 13.9. The Morgan fingerprint density at radius 1 is 1.38 bits per heavy atom. The first-order chi connectivity index (χ1) is 10.1. The fourth-order valence-corrected chi connectivity index (χ4v) is 3.93. The van der Waals surface area contributed by atoms with Crippen LogP contribution in [0.5, 0.6) is 0 Å². The predicted octanol–water partition coefficient (Wildman–Crippen LogP) is 3.06. The zero-order chi connectivity index (χ0) is 15.3. The molecule has 1 amide bonds. The number of amides is 1. The first kappa shape index (κ1) is 16.3. The zero-order valence-electron chi connectivity index (χ0n) is 12.3. The number of nitrogens with one attached hydrogen (secondary N) is 1. The molecule has 21 heavy (non-hydrogen) atoms.